The number of nitrogens with one attached hydrogen (secondary N) is 1. The zero-order chi connectivity index (χ0) is 9.26. The third kappa shape index (κ3) is 2.02. The van der Waals surface area contributed by atoms with Gasteiger partial charge in [0.25, 0.3) is 0 Å². The van der Waals surface area contributed by atoms with Gasteiger partial charge in [0.2, 0.25) is 5.91 Å². The van der Waals surface area contributed by atoms with E-state index < -0.39 is 0 Å². The summed E-state index contributed by atoms with van der Waals surface area (Å²) in [6, 6.07) is 0. The third-order valence-corrected chi connectivity index (χ3v) is 3.35. The largest absolute Gasteiger partial charge is 0.369 e. The van der Waals surface area contributed by atoms with Crippen LogP contribution in [0, 0.1) is 17.8 Å². The van der Waals surface area contributed by atoms with Gasteiger partial charge in [-0.05, 0) is 50.6 Å². The van der Waals surface area contributed by atoms with Crippen LogP contribution in [-0.2, 0) is 4.79 Å². The molecule has 13 heavy (non-hydrogen) atoms. The summed E-state index contributed by atoms with van der Waals surface area (Å²) in [6.07, 6.45) is 4.70. The minimum Gasteiger partial charge on any atom is -0.369 e. The highest BCUT2D eigenvalue weighted by Gasteiger charge is 2.40. The van der Waals surface area contributed by atoms with E-state index in [-0.39, 0.29) is 11.8 Å². The van der Waals surface area contributed by atoms with Crippen molar-refractivity contribution in [2.75, 3.05) is 13.1 Å². The van der Waals surface area contributed by atoms with Crippen molar-refractivity contribution >= 4 is 5.91 Å². The van der Waals surface area contributed by atoms with Crippen LogP contribution >= 0.6 is 0 Å². The summed E-state index contributed by atoms with van der Waals surface area (Å²) >= 11 is 0. The van der Waals surface area contributed by atoms with Gasteiger partial charge in [-0.25, -0.2) is 0 Å². The van der Waals surface area contributed by atoms with Crippen LogP contribution in [0.15, 0.2) is 0 Å². The molecule has 2 rings (SSSR count). The maximum Gasteiger partial charge on any atom is 0.221 e. The monoisotopic (exact) mass is 182 g/mol. The van der Waals surface area contributed by atoms with Crippen molar-refractivity contribution < 1.29 is 4.79 Å². The molecule has 1 aliphatic carbocycles. The van der Waals surface area contributed by atoms with Gasteiger partial charge in [-0.15, -0.1) is 0 Å². The highest BCUT2D eigenvalue weighted by Crippen LogP contribution is 2.42. The van der Waals surface area contributed by atoms with E-state index in [0.29, 0.717) is 11.8 Å². The van der Waals surface area contributed by atoms with Crippen molar-refractivity contribution in [2.45, 2.75) is 25.7 Å². The lowest BCUT2D eigenvalue weighted by atomic mass is 9.81. The van der Waals surface area contributed by atoms with Crippen LogP contribution in [0.4, 0.5) is 0 Å². The average Bonchev–Trinajstić information content (AvgIpc) is 2.90. The number of hydrogen-bond acceptors (Lipinski definition) is 2. The van der Waals surface area contributed by atoms with E-state index in [0.717, 1.165) is 25.9 Å². The summed E-state index contributed by atoms with van der Waals surface area (Å²) in [6.45, 7) is 2.11. The number of rotatable bonds is 3. The van der Waals surface area contributed by atoms with E-state index in [1.807, 2.05) is 0 Å². The van der Waals surface area contributed by atoms with Crippen LogP contribution in [0.1, 0.15) is 25.7 Å². The minimum absolute atomic E-state index is 0.0607. The van der Waals surface area contributed by atoms with Gasteiger partial charge in [-0.3, -0.25) is 4.79 Å². The van der Waals surface area contributed by atoms with Crippen molar-refractivity contribution in [1.29, 1.82) is 0 Å². The maximum absolute atomic E-state index is 11.3. The Kier molecular flexibility index (Phi) is 2.54. The molecule has 1 atom stereocenters. The van der Waals surface area contributed by atoms with E-state index in [1.54, 1.807) is 0 Å². The summed E-state index contributed by atoms with van der Waals surface area (Å²) in [5, 5.41) is 3.32. The van der Waals surface area contributed by atoms with E-state index in [2.05, 4.69) is 5.32 Å². The number of primary amides is 1. The average molecular weight is 182 g/mol. The highest BCUT2D eigenvalue weighted by molar-refractivity contribution is 5.77. The number of carbonyl (C=O) groups is 1. The first-order valence-corrected chi connectivity index (χ1v) is 5.29. The smallest absolute Gasteiger partial charge is 0.221 e. The molecule has 2 aliphatic rings. The molecule has 2 fully saturated rings. The lowest BCUT2D eigenvalue weighted by Gasteiger charge is -2.28. The van der Waals surface area contributed by atoms with Crippen LogP contribution in [-0.4, -0.2) is 19.0 Å². The Balaban J connectivity index is 1.96. The van der Waals surface area contributed by atoms with Gasteiger partial charge in [0.1, 0.15) is 0 Å². The molecule has 0 bridgehead atoms. The van der Waals surface area contributed by atoms with Crippen LogP contribution < -0.4 is 11.1 Å². The summed E-state index contributed by atoms with van der Waals surface area (Å²) in [4.78, 5) is 11.3. The second kappa shape index (κ2) is 3.66. The second-order valence-electron chi connectivity index (χ2n) is 4.35. The molecule has 0 spiro atoms. The molecule has 1 amide bonds. The fourth-order valence-electron chi connectivity index (χ4n) is 2.51. The van der Waals surface area contributed by atoms with Gasteiger partial charge in [0.05, 0.1) is 0 Å². The Morgan fingerprint density at radius 2 is 1.69 bits per heavy atom. The third-order valence-electron chi connectivity index (χ3n) is 3.35. The van der Waals surface area contributed by atoms with Gasteiger partial charge in [-0.1, -0.05) is 0 Å². The molecule has 0 aromatic heterocycles. The Bertz CT molecular complexity index is 195. The zero-order valence-electron chi connectivity index (χ0n) is 7.96. The Labute approximate surface area is 79.1 Å². The topological polar surface area (TPSA) is 55.1 Å². The van der Waals surface area contributed by atoms with E-state index in [9.17, 15) is 4.79 Å². The standard InChI is InChI=1S/C10H18N2O/c11-10(13)9(7-1-2-7)8-3-5-12-6-4-8/h7-9,12H,1-6H2,(H2,11,13). The fourth-order valence-corrected chi connectivity index (χ4v) is 2.51. The first-order chi connectivity index (χ1) is 6.29. The lowest BCUT2D eigenvalue weighted by molar-refractivity contribution is -0.124. The summed E-state index contributed by atoms with van der Waals surface area (Å²) in [5.41, 5.74) is 5.45. The molecule has 0 aromatic carbocycles. The van der Waals surface area contributed by atoms with E-state index in [1.165, 1.54) is 12.8 Å². The van der Waals surface area contributed by atoms with Gasteiger partial charge < -0.3 is 11.1 Å². The quantitative estimate of drug-likeness (QED) is 0.667. The van der Waals surface area contributed by atoms with Gasteiger partial charge >= 0.3 is 0 Å². The number of amides is 1. The molecule has 1 saturated heterocycles. The van der Waals surface area contributed by atoms with Gasteiger partial charge in [0.15, 0.2) is 0 Å². The van der Waals surface area contributed by atoms with Crippen molar-refractivity contribution in [3.63, 3.8) is 0 Å². The van der Waals surface area contributed by atoms with Gasteiger partial charge in [0, 0.05) is 5.92 Å². The predicted octanol–water partition coefficient (Wildman–Crippen LogP) is 0.497. The molecule has 1 aliphatic heterocycles. The van der Waals surface area contributed by atoms with Crippen LogP contribution in [0.25, 0.3) is 0 Å². The van der Waals surface area contributed by atoms with Crippen LogP contribution in [0.3, 0.4) is 0 Å². The van der Waals surface area contributed by atoms with Crippen molar-refractivity contribution in [3.8, 4) is 0 Å². The molecule has 1 saturated carbocycles. The van der Waals surface area contributed by atoms with Crippen molar-refractivity contribution in [2.24, 2.45) is 23.5 Å². The fraction of sp³-hybridized carbons (Fsp3) is 0.900. The Hall–Kier alpha value is -0.570. The summed E-state index contributed by atoms with van der Waals surface area (Å²) in [5.74, 6) is 1.31. The zero-order valence-corrected chi connectivity index (χ0v) is 7.96. The number of nitrogens with two attached hydrogens (primary N) is 1. The first-order valence-electron chi connectivity index (χ1n) is 5.29. The molecule has 3 nitrogen and oxygen atoms in total. The highest BCUT2D eigenvalue weighted by atomic mass is 16.1. The molecule has 74 valence electrons. The number of piperidine rings is 1. The second-order valence-corrected chi connectivity index (χ2v) is 4.35. The SMILES string of the molecule is NC(=O)C(C1CCNCC1)C1CC1. The molecule has 1 unspecified atom stereocenters. The number of hydrogen-bond donors (Lipinski definition) is 2. The first kappa shape index (κ1) is 9.00. The Morgan fingerprint density at radius 1 is 1.15 bits per heavy atom. The summed E-state index contributed by atoms with van der Waals surface area (Å²) < 4.78 is 0. The predicted molar refractivity (Wildman–Crippen MR) is 51.0 cm³/mol. The maximum atomic E-state index is 11.3. The molecule has 0 radical (unpaired) electrons. The molecule has 0 aromatic rings. The van der Waals surface area contributed by atoms with Gasteiger partial charge in [-0.2, -0.15) is 0 Å². The van der Waals surface area contributed by atoms with Crippen molar-refractivity contribution in [3.05, 3.63) is 0 Å². The normalized spacial score (nSPS) is 27.1. The molecular weight excluding hydrogens is 164 g/mol. The summed E-state index contributed by atoms with van der Waals surface area (Å²) in [7, 11) is 0. The Morgan fingerprint density at radius 3 is 2.15 bits per heavy atom. The minimum atomic E-state index is -0.0607. The van der Waals surface area contributed by atoms with Crippen LogP contribution in [0.5, 0.6) is 0 Å². The van der Waals surface area contributed by atoms with Crippen LogP contribution in [0.2, 0.25) is 0 Å². The van der Waals surface area contributed by atoms with E-state index >= 15 is 0 Å². The van der Waals surface area contributed by atoms with Crippen molar-refractivity contribution in [1.82, 2.24) is 5.32 Å². The molecule has 1 heterocycles. The molecular formula is C10H18N2O. The molecule has 3 N–H and O–H groups in total. The lowest BCUT2D eigenvalue weighted by Crippen LogP contribution is -2.38. The number of carbonyl (C=O) groups excluding carboxylic acids is 1. The molecule has 3 heteroatoms. The van der Waals surface area contributed by atoms with E-state index in [4.69, 9.17) is 5.73 Å².